The monoisotopic (exact) mass is 218 g/mol. The van der Waals surface area contributed by atoms with Gasteiger partial charge in [-0.3, -0.25) is 4.90 Å². The molecular formula is C11H23ClN2. The van der Waals surface area contributed by atoms with Gasteiger partial charge < -0.3 is 17.3 Å². The molecule has 1 N–H and O–H groups in total. The zero-order valence-corrected chi connectivity index (χ0v) is 10.0. The lowest BCUT2D eigenvalue weighted by molar-refractivity contribution is -0.903. The van der Waals surface area contributed by atoms with Crippen molar-refractivity contribution in [3.05, 3.63) is 0 Å². The third-order valence-corrected chi connectivity index (χ3v) is 3.82. The molecule has 0 aromatic heterocycles. The van der Waals surface area contributed by atoms with Crippen molar-refractivity contribution >= 4 is 0 Å². The average molecular weight is 219 g/mol. The average Bonchev–Trinajstić information content (AvgIpc) is 2.71. The molecule has 0 spiro atoms. The topological polar surface area (TPSA) is 7.68 Å². The second-order valence-electron chi connectivity index (χ2n) is 4.58. The van der Waals surface area contributed by atoms with Crippen molar-refractivity contribution in [1.82, 2.24) is 4.90 Å². The van der Waals surface area contributed by atoms with E-state index < -0.39 is 0 Å². The molecule has 2 rings (SSSR count). The van der Waals surface area contributed by atoms with Crippen molar-refractivity contribution in [2.45, 2.75) is 38.6 Å². The van der Waals surface area contributed by atoms with Crippen molar-refractivity contribution in [2.24, 2.45) is 0 Å². The van der Waals surface area contributed by atoms with Gasteiger partial charge in [-0.25, -0.2) is 0 Å². The van der Waals surface area contributed by atoms with Crippen LogP contribution in [0.3, 0.4) is 0 Å². The summed E-state index contributed by atoms with van der Waals surface area (Å²) in [6, 6.07) is 0.942. The molecule has 2 nitrogen and oxygen atoms in total. The quantitative estimate of drug-likeness (QED) is 0.525. The molecule has 0 aliphatic carbocycles. The molecule has 0 amide bonds. The largest absolute Gasteiger partial charge is 1.00 e. The number of nitrogens with one attached hydrogen (secondary N) is 1. The summed E-state index contributed by atoms with van der Waals surface area (Å²) >= 11 is 0. The molecule has 0 bridgehead atoms. The Labute approximate surface area is 94.0 Å². The molecule has 84 valence electrons. The Hall–Kier alpha value is 0.210. The lowest BCUT2D eigenvalue weighted by atomic mass is 10.0. The van der Waals surface area contributed by atoms with E-state index in [1.165, 1.54) is 58.4 Å². The molecule has 0 radical (unpaired) electrons. The summed E-state index contributed by atoms with van der Waals surface area (Å²) in [4.78, 5) is 4.54. The minimum absolute atomic E-state index is 0. The second kappa shape index (κ2) is 5.94. The van der Waals surface area contributed by atoms with Crippen LogP contribution in [0.1, 0.15) is 32.6 Å². The van der Waals surface area contributed by atoms with E-state index in [2.05, 4.69) is 11.8 Å². The van der Waals surface area contributed by atoms with E-state index in [0.29, 0.717) is 0 Å². The van der Waals surface area contributed by atoms with E-state index in [9.17, 15) is 0 Å². The minimum atomic E-state index is 0. The Morgan fingerprint density at radius 2 is 1.71 bits per heavy atom. The van der Waals surface area contributed by atoms with Crippen LogP contribution in [0.25, 0.3) is 0 Å². The molecule has 14 heavy (non-hydrogen) atoms. The maximum absolute atomic E-state index is 2.73. The highest BCUT2D eigenvalue weighted by atomic mass is 35.5. The van der Waals surface area contributed by atoms with Gasteiger partial charge in [0, 0.05) is 18.9 Å². The zero-order valence-electron chi connectivity index (χ0n) is 9.27. The van der Waals surface area contributed by atoms with E-state index in [4.69, 9.17) is 0 Å². The van der Waals surface area contributed by atoms with E-state index in [0.717, 1.165) is 6.04 Å². The third kappa shape index (κ3) is 2.85. The van der Waals surface area contributed by atoms with Crippen LogP contribution in [0.4, 0.5) is 0 Å². The van der Waals surface area contributed by atoms with Gasteiger partial charge in [0.25, 0.3) is 0 Å². The van der Waals surface area contributed by atoms with E-state index in [-0.39, 0.29) is 12.4 Å². The summed E-state index contributed by atoms with van der Waals surface area (Å²) in [5, 5.41) is 0. The van der Waals surface area contributed by atoms with Crippen LogP contribution in [-0.2, 0) is 0 Å². The van der Waals surface area contributed by atoms with Crippen molar-refractivity contribution < 1.29 is 17.3 Å². The summed E-state index contributed by atoms with van der Waals surface area (Å²) in [5.74, 6) is 0. The Morgan fingerprint density at radius 1 is 1.14 bits per heavy atom. The summed E-state index contributed by atoms with van der Waals surface area (Å²) in [5.41, 5.74) is 0. The van der Waals surface area contributed by atoms with Crippen molar-refractivity contribution in [2.75, 3.05) is 32.7 Å². The molecular weight excluding hydrogens is 196 g/mol. The first-order valence-corrected chi connectivity index (χ1v) is 5.97. The molecule has 0 atom stereocenters. The number of halogens is 1. The molecule has 0 unspecified atom stereocenters. The highest BCUT2D eigenvalue weighted by Crippen LogP contribution is 2.16. The van der Waals surface area contributed by atoms with Gasteiger partial charge in [0.1, 0.15) is 0 Å². The van der Waals surface area contributed by atoms with Crippen LogP contribution in [0.5, 0.6) is 0 Å². The van der Waals surface area contributed by atoms with Crippen LogP contribution in [0.15, 0.2) is 0 Å². The van der Waals surface area contributed by atoms with Crippen molar-refractivity contribution in [3.63, 3.8) is 0 Å². The second-order valence-corrected chi connectivity index (χ2v) is 4.58. The number of piperidine rings is 1. The van der Waals surface area contributed by atoms with Gasteiger partial charge >= 0.3 is 0 Å². The fraction of sp³-hybridized carbons (Fsp3) is 1.00. The predicted molar refractivity (Wildman–Crippen MR) is 55.1 cm³/mol. The molecule has 2 aliphatic rings. The minimum Gasteiger partial charge on any atom is -1.00 e. The Kier molecular flexibility index (Phi) is 5.21. The fourth-order valence-electron chi connectivity index (χ4n) is 2.84. The molecule has 2 aliphatic heterocycles. The number of rotatable bonds is 2. The number of hydrogen-bond donors (Lipinski definition) is 1. The Balaban J connectivity index is 0.000000980. The highest BCUT2D eigenvalue weighted by molar-refractivity contribution is 4.77. The van der Waals surface area contributed by atoms with Gasteiger partial charge in [-0.2, -0.15) is 0 Å². The van der Waals surface area contributed by atoms with Crippen LogP contribution in [0.2, 0.25) is 0 Å². The Bertz CT molecular complexity index is 149. The normalized spacial score (nSPS) is 34.1. The molecule has 0 saturated carbocycles. The predicted octanol–water partition coefficient (Wildman–Crippen LogP) is -2.85. The Morgan fingerprint density at radius 3 is 2.21 bits per heavy atom. The summed E-state index contributed by atoms with van der Waals surface area (Å²) < 4.78 is 0. The van der Waals surface area contributed by atoms with Crippen LogP contribution in [-0.4, -0.2) is 43.7 Å². The van der Waals surface area contributed by atoms with E-state index in [1.807, 2.05) is 4.90 Å². The van der Waals surface area contributed by atoms with E-state index in [1.54, 1.807) is 0 Å². The van der Waals surface area contributed by atoms with E-state index >= 15 is 0 Å². The zero-order chi connectivity index (χ0) is 9.10. The fourth-order valence-corrected chi connectivity index (χ4v) is 2.84. The van der Waals surface area contributed by atoms with Crippen molar-refractivity contribution in [1.29, 1.82) is 0 Å². The molecule has 0 aromatic rings. The molecule has 2 saturated heterocycles. The van der Waals surface area contributed by atoms with Crippen molar-refractivity contribution in [3.8, 4) is 0 Å². The first kappa shape index (κ1) is 12.3. The number of nitrogens with zero attached hydrogens (tertiary/aromatic N) is 1. The van der Waals surface area contributed by atoms with Crippen LogP contribution in [0, 0.1) is 0 Å². The maximum atomic E-state index is 2.73. The summed E-state index contributed by atoms with van der Waals surface area (Å²) in [7, 11) is 0. The van der Waals surface area contributed by atoms with Gasteiger partial charge in [0.2, 0.25) is 0 Å². The standard InChI is InChI=1S/C11H22N2.ClH/c1-2-12-9-5-11(6-10-12)13-7-3-4-8-13;/h11H,2-10H2,1H3;1H. The van der Waals surface area contributed by atoms with Gasteiger partial charge in [-0.1, -0.05) is 0 Å². The third-order valence-electron chi connectivity index (χ3n) is 3.82. The van der Waals surface area contributed by atoms with Gasteiger partial charge in [-0.05, 0) is 32.9 Å². The number of likely N-dealkylation sites (tertiary alicyclic amines) is 2. The van der Waals surface area contributed by atoms with Crippen LogP contribution < -0.4 is 17.3 Å². The van der Waals surface area contributed by atoms with Gasteiger partial charge in [-0.15, -0.1) is 0 Å². The smallest absolute Gasteiger partial charge is 0.0786 e. The molecule has 2 heterocycles. The SMILES string of the molecule is CC[NH+]1CCC(N2CCCC2)CC1.[Cl-]. The van der Waals surface area contributed by atoms with Crippen LogP contribution >= 0.6 is 0 Å². The summed E-state index contributed by atoms with van der Waals surface area (Å²) in [6.45, 7) is 9.23. The highest BCUT2D eigenvalue weighted by Gasteiger charge is 2.27. The molecule has 0 aromatic carbocycles. The first-order valence-electron chi connectivity index (χ1n) is 5.97. The first-order chi connectivity index (χ1) is 6.40. The maximum Gasteiger partial charge on any atom is 0.0786 e. The lowest BCUT2D eigenvalue weighted by Gasteiger charge is -2.34. The molecule has 3 heteroatoms. The lowest BCUT2D eigenvalue weighted by Crippen LogP contribution is -3.13. The number of hydrogen-bond acceptors (Lipinski definition) is 1. The summed E-state index contributed by atoms with van der Waals surface area (Å²) in [6.07, 6.45) is 5.79. The van der Waals surface area contributed by atoms with Gasteiger partial charge in [0.15, 0.2) is 0 Å². The molecule has 2 fully saturated rings. The number of quaternary nitrogens is 1. The van der Waals surface area contributed by atoms with Gasteiger partial charge in [0.05, 0.1) is 19.6 Å².